The lowest BCUT2D eigenvalue weighted by Crippen LogP contribution is -2.20. The molecule has 0 aliphatic rings. The first-order valence-corrected chi connectivity index (χ1v) is 11.3. The number of carbonyl (C=O) groups excluding carboxylic acids is 2. The van der Waals surface area contributed by atoms with Crippen LogP contribution in [0.25, 0.3) is 6.08 Å². The number of carbonyl (C=O) groups is 2. The average molecular weight is 500 g/mol. The lowest BCUT2D eigenvalue weighted by atomic mass is 10.1. The van der Waals surface area contributed by atoms with Crippen molar-refractivity contribution in [2.45, 2.75) is 13.8 Å². The Hall–Kier alpha value is -2.90. The third-order valence-electron chi connectivity index (χ3n) is 4.20. The van der Waals surface area contributed by atoms with Crippen LogP contribution in [0.3, 0.4) is 0 Å². The number of anilines is 1. The van der Waals surface area contributed by atoms with Crippen molar-refractivity contribution in [3.63, 3.8) is 0 Å². The molecule has 3 aromatic rings. The molecule has 0 atom stereocenters. The van der Waals surface area contributed by atoms with E-state index in [1.165, 1.54) is 17.4 Å². The lowest BCUT2D eigenvalue weighted by molar-refractivity contribution is -0.118. The van der Waals surface area contributed by atoms with E-state index in [1.807, 2.05) is 49.6 Å². The van der Waals surface area contributed by atoms with Gasteiger partial charge in [-0.25, -0.2) is 0 Å². The fraction of sp³-hybridized carbons (Fsp3) is 0.167. The van der Waals surface area contributed by atoms with Crippen LogP contribution >= 0.6 is 27.3 Å². The first-order valence-electron chi connectivity index (χ1n) is 9.67. The molecule has 2 aromatic carbocycles. The normalized spacial score (nSPS) is 10.8. The number of thiophene rings is 1. The van der Waals surface area contributed by atoms with Crippen LogP contribution in [-0.2, 0) is 4.79 Å². The molecule has 160 valence electrons. The molecule has 0 aliphatic carbocycles. The molecule has 1 heterocycles. The number of aryl methyl sites for hydroxylation is 1. The van der Waals surface area contributed by atoms with Crippen molar-refractivity contribution >= 4 is 50.7 Å². The Balaban J connectivity index is 1.64. The van der Waals surface area contributed by atoms with E-state index >= 15 is 0 Å². The number of hydrogen-bond acceptors (Lipinski definition) is 5. The van der Waals surface area contributed by atoms with Crippen LogP contribution in [0.2, 0.25) is 0 Å². The molecule has 3 rings (SSSR count). The molecule has 0 spiro atoms. The summed E-state index contributed by atoms with van der Waals surface area (Å²) in [5.74, 6) is 0.649. The maximum absolute atomic E-state index is 12.3. The van der Waals surface area contributed by atoms with E-state index < -0.39 is 0 Å². The van der Waals surface area contributed by atoms with Crippen molar-refractivity contribution in [3.8, 4) is 11.5 Å². The molecule has 0 radical (unpaired) electrons. The van der Waals surface area contributed by atoms with E-state index in [0.717, 1.165) is 15.6 Å². The standard InChI is InChI=1S/C24H22BrNO4S/c1-3-29-22-12-17(6-10-20(27)23-13-18(25)15-31-23)7-11-21(22)30-14-24(28)26-19-8-4-16(2)5-9-19/h4-13,15H,3,14H2,1-2H3,(H,26,28)/b10-6+. The first kappa shape index (κ1) is 22.8. The molecule has 0 aliphatic heterocycles. The Morgan fingerprint density at radius 2 is 1.84 bits per heavy atom. The van der Waals surface area contributed by atoms with E-state index in [2.05, 4.69) is 21.2 Å². The molecule has 0 fully saturated rings. The second-order valence-electron chi connectivity index (χ2n) is 6.67. The van der Waals surface area contributed by atoms with Crippen LogP contribution in [0.15, 0.2) is 64.5 Å². The number of benzene rings is 2. The Bertz CT molecular complexity index is 1090. The van der Waals surface area contributed by atoms with Gasteiger partial charge in [0.1, 0.15) is 0 Å². The van der Waals surface area contributed by atoms with E-state index in [0.29, 0.717) is 28.7 Å². The van der Waals surface area contributed by atoms with Crippen molar-refractivity contribution < 1.29 is 19.1 Å². The zero-order valence-electron chi connectivity index (χ0n) is 17.2. The van der Waals surface area contributed by atoms with Gasteiger partial charge in [-0.15, -0.1) is 11.3 Å². The Morgan fingerprint density at radius 1 is 1.06 bits per heavy atom. The quantitative estimate of drug-likeness (QED) is 0.284. The fourth-order valence-corrected chi connectivity index (χ4v) is 4.04. The van der Waals surface area contributed by atoms with Gasteiger partial charge in [0, 0.05) is 15.5 Å². The van der Waals surface area contributed by atoms with Crippen LogP contribution in [0.1, 0.15) is 27.7 Å². The Morgan fingerprint density at radius 3 is 2.52 bits per heavy atom. The van der Waals surface area contributed by atoms with Crippen LogP contribution < -0.4 is 14.8 Å². The van der Waals surface area contributed by atoms with Gasteiger partial charge in [-0.05, 0) is 71.7 Å². The summed E-state index contributed by atoms with van der Waals surface area (Å²) in [5.41, 5.74) is 2.63. The van der Waals surface area contributed by atoms with Gasteiger partial charge in [0.25, 0.3) is 5.91 Å². The summed E-state index contributed by atoms with van der Waals surface area (Å²) in [4.78, 5) is 25.1. The highest BCUT2D eigenvalue weighted by atomic mass is 79.9. The molecule has 1 amide bonds. The number of amides is 1. The van der Waals surface area contributed by atoms with Gasteiger partial charge in [-0.2, -0.15) is 0 Å². The minimum absolute atomic E-state index is 0.0678. The number of rotatable bonds is 9. The minimum Gasteiger partial charge on any atom is -0.490 e. The second-order valence-corrected chi connectivity index (χ2v) is 8.50. The van der Waals surface area contributed by atoms with Crippen LogP contribution in [0.5, 0.6) is 11.5 Å². The van der Waals surface area contributed by atoms with Crippen LogP contribution in [0.4, 0.5) is 5.69 Å². The third kappa shape index (κ3) is 6.80. The zero-order chi connectivity index (χ0) is 22.2. The lowest BCUT2D eigenvalue weighted by Gasteiger charge is -2.13. The maximum atomic E-state index is 12.3. The molecular formula is C24H22BrNO4S. The van der Waals surface area contributed by atoms with Crippen molar-refractivity contribution in [2.24, 2.45) is 0 Å². The summed E-state index contributed by atoms with van der Waals surface area (Å²) < 4.78 is 12.2. The highest BCUT2D eigenvalue weighted by Crippen LogP contribution is 2.29. The molecule has 1 aromatic heterocycles. The predicted molar refractivity (Wildman–Crippen MR) is 128 cm³/mol. The largest absolute Gasteiger partial charge is 0.490 e. The van der Waals surface area contributed by atoms with E-state index in [-0.39, 0.29) is 18.3 Å². The minimum atomic E-state index is -0.261. The van der Waals surface area contributed by atoms with Gasteiger partial charge in [-0.1, -0.05) is 29.8 Å². The second kappa shape index (κ2) is 10.9. The van der Waals surface area contributed by atoms with Crippen molar-refractivity contribution in [3.05, 3.63) is 80.5 Å². The molecular weight excluding hydrogens is 478 g/mol. The third-order valence-corrected chi connectivity index (χ3v) is 5.90. The molecule has 1 N–H and O–H groups in total. The smallest absolute Gasteiger partial charge is 0.262 e. The van der Waals surface area contributed by atoms with E-state index in [4.69, 9.17) is 9.47 Å². The predicted octanol–water partition coefficient (Wildman–Crippen LogP) is 6.13. The van der Waals surface area contributed by atoms with Crippen molar-refractivity contribution in [2.75, 3.05) is 18.5 Å². The van der Waals surface area contributed by atoms with Gasteiger partial charge < -0.3 is 14.8 Å². The molecule has 31 heavy (non-hydrogen) atoms. The fourth-order valence-electron chi connectivity index (χ4n) is 2.69. The van der Waals surface area contributed by atoms with E-state index in [1.54, 1.807) is 24.3 Å². The van der Waals surface area contributed by atoms with Gasteiger partial charge in [-0.3, -0.25) is 9.59 Å². The SMILES string of the molecule is CCOc1cc(/C=C/C(=O)c2cc(Br)cs2)ccc1OCC(=O)Nc1ccc(C)cc1. The number of hydrogen-bond donors (Lipinski definition) is 1. The summed E-state index contributed by atoms with van der Waals surface area (Å²) in [7, 11) is 0. The van der Waals surface area contributed by atoms with Crippen molar-refractivity contribution in [1.29, 1.82) is 0 Å². The molecule has 0 unspecified atom stereocenters. The number of nitrogens with one attached hydrogen (secondary N) is 1. The highest BCUT2D eigenvalue weighted by molar-refractivity contribution is 9.10. The molecule has 0 saturated carbocycles. The summed E-state index contributed by atoms with van der Waals surface area (Å²) in [6.07, 6.45) is 3.26. The van der Waals surface area contributed by atoms with Gasteiger partial charge in [0.2, 0.25) is 0 Å². The molecule has 7 heteroatoms. The summed E-state index contributed by atoms with van der Waals surface area (Å²) in [5, 5.41) is 4.67. The first-order chi connectivity index (χ1) is 14.9. The number of halogens is 1. The van der Waals surface area contributed by atoms with Gasteiger partial charge >= 0.3 is 0 Å². The van der Waals surface area contributed by atoms with Crippen LogP contribution in [0, 0.1) is 6.92 Å². The highest BCUT2D eigenvalue weighted by Gasteiger charge is 2.10. The molecule has 0 saturated heterocycles. The topological polar surface area (TPSA) is 64.6 Å². The average Bonchev–Trinajstić information content (AvgIpc) is 3.19. The zero-order valence-corrected chi connectivity index (χ0v) is 19.6. The number of ketones is 1. The summed E-state index contributed by atoms with van der Waals surface area (Å²) >= 11 is 4.74. The van der Waals surface area contributed by atoms with E-state index in [9.17, 15) is 9.59 Å². The van der Waals surface area contributed by atoms with Gasteiger partial charge in [0.05, 0.1) is 11.5 Å². The Labute approximate surface area is 193 Å². The monoisotopic (exact) mass is 499 g/mol. The summed E-state index contributed by atoms with van der Waals surface area (Å²) in [6.45, 7) is 4.16. The Kier molecular flexibility index (Phi) is 8.03. The number of ether oxygens (including phenoxy) is 2. The van der Waals surface area contributed by atoms with Crippen LogP contribution in [-0.4, -0.2) is 24.9 Å². The molecule has 5 nitrogen and oxygen atoms in total. The maximum Gasteiger partial charge on any atom is 0.262 e. The van der Waals surface area contributed by atoms with Gasteiger partial charge in [0.15, 0.2) is 23.9 Å². The molecule has 0 bridgehead atoms. The summed E-state index contributed by atoms with van der Waals surface area (Å²) in [6, 6.07) is 14.7. The number of allylic oxidation sites excluding steroid dienone is 1. The van der Waals surface area contributed by atoms with Crippen molar-refractivity contribution in [1.82, 2.24) is 0 Å².